The smallest absolute Gasteiger partial charge is 0.253 e. The van der Waals surface area contributed by atoms with Gasteiger partial charge in [-0.15, -0.1) is 0 Å². The van der Waals surface area contributed by atoms with E-state index in [2.05, 4.69) is 20.2 Å². The molecule has 1 amide bonds. The summed E-state index contributed by atoms with van der Waals surface area (Å²) in [6.07, 6.45) is 3.55. The second kappa shape index (κ2) is 8.85. The van der Waals surface area contributed by atoms with E-state index < -0.39 is 0 Å². The second-order valence-corrected chi connectivity index (χ2v) is 8.13. The zero-order chi connectivity index (χ0) is 21.9. The van der Waals surface area contributed by atoms with Crippen molar-refractivity contribution in [1.29, 1.82) is 0 Å². The number of hydrogen-bond acceptors (Lipinski definition) is 5. The molecule has 2 aromatic carbocycles. The Balaban J connectivity index is 1.25. The van der Waals surface area contributed by atoms with Crippen LogP contribution in [0.4, 0.5) is 17.2 Å². The van der Waals surface area contributed by atoms with Gasteiger partial charge in [0, 0.05) is 65.9 Å². The molecule has 160 valence electrons. The lowest BCUT2D eigenvalue weighted by molar-refractivity contribution is 0.0746. The highest BCUT2D eigenvalue weighted by Gasteiger charge is 2.22. The summed E-state index contributed by atoms with van der Waals surface area (Å²) in [5, 5.41) is 5.06. The van der Waals surface area contributed by atoms with Gasteiger partial charge < -0.3 is 15.1 Å². The fourth-order valence-electron chi connectivity index (χ4n) is 3.94. The molecular weight excluding hydrogens is 422 g/mol. The van der Waals surface area contributed by atoms with Crippen LogP contribution in [0.3, 0.4) is 0 Å². The summed E-state index contributed by atoms with van der Waals surface area (Å²) < 4.78 is 0. The number of nitrogens with zero attached hydrogens (tertiary/aromatic N) is 4. The van der Waals surface area contributed by atoms with Crippen LogP contribution in [0.5, 0.6) is 0 Å². The molecule has 4 aromatic rings. The van der Waals surface area contributed by atoms with Gasteiger partial charge in [-0.3, -0.25) is 9.78 Å². The molecule has 1 saturated heterocycles. The van der Waals surface area contributed by atoms with Gasteiger partial charge in [0.15, 0.2) is 0 Å². The highest BCUT2D eigenvalue weighted by atomic mass is 35.5. The number of aromatic nitrogens is 2. The average molecular weight is 444 g/mol. The number of nitrogens with one attached hydrogen (secondary N) is 1. The SMILES string of the molecule is O=C(c1ccc(Nc2ccnc3cc(Cl)ccc23)cc1)N1CCN(c2ccccn2)CC1. The Morgan fingerprint density at radius 3 is 2.44 bits per heavy atom. The number of fused-ring (bicyclic) bond motifs is 1. The maximum Gasteiger partial charge on any atom is 0.253 e. The number of rotatable bonds is 4. The summed E-state index contributed by atoms with van der Waals surface area (Å²) in [5.41, 5.74) is 3.37. The Bertz CT molecular complexity index is 1240. The Morgan fingerprint density at radius 2 is 1.69 bits per heavy atom. The summed E-state index contributed by atoms with van der Waals surface area (Å²) in [7, 11) is 0. The van der Waals surface area contributed by atoms with E-state index in [-0.39, 0.29) is 5.91 Å². The first-order chi connectivity index (χ1) is 15.7. The lowest BCUT2D eigenvalue weighted by atomic mass is 10.1. The first kappa shape index (κ1) is 20.3. The third-order valence-corrected chi connectivity index (χ3v) is 5.89. The van der Waals surface area contributed by atoms with Gasteiger partial charge in [0.1, 0.15) is 5.82 Å². The van der Waals surface area contributed by atoms with Crippen molar-refractivity contribution in [1.82, 2.24) is 14.9 Å². The number of benzene rings is 2. The van der Waals surface area contributed by atoms with Gasteiger partial charge in [0.25, 0.3) is 5.91 Å². The molecule has 0 bridgehead atoms. The topological polar surface area (TPSA) is 61.4 Å². The average Bonchev–Trinajstić information content (AvgIpc) is 2.85. The van der Waals surface area contributed by atoms with Crippen molar-refractivity contribution in [3.63, 3.8) is 0 Å². The highest BCUT2D eigenvalue weighted by molar-refractivity contribution is 6.31. The number of halogens is 1. The standard InChI is InChI=1S/C25H22ClN5O/c26-19-6-9-21-22(10-12-27-23(21)17-19)29-20-7-4-18(5-8-20)25(32)31-15-13-30(14-16-31)24-3-1-2-11-28-24/h1-12,17H,13-16H2,(H,27,29). The van der Waals surface area contributed by atoms with Gasteiger partial charge in [-0.2, -0.15) is 0 Å². The van der Waals surface area contributed by atoms with E-state index >= 15 is 0 Å². The van der Waals surface area contributed by atoms with Crippen molar-refractivity contribution >= 4 is 45.6 Å². The maximum absolute atomic E-state index is 13.0. The van der Waals surface area contributed by atoms with E-state index in [4.69, 9.17) is 11.6 Å². The highest BCUT2D eigenvalue weighted by Crippen LogP contribution is 2.27. The molecule has 0 atom stereocenters. The third kappa shape index (κ3) is 4.22. The zero-order valence-corrected chi connectivity index (χ0v) is 18.2. The molecule has 1 fully saturated rings. The van der Waals surface area contributed by atoms with Crippen LogP contribution < -0.4 is 10.2 Å². The molecule has 0 radical (unpaired) electrons. The predicted octanol–water partition coefficient (Wildman–Crippen LogP) is 4.99. The molecule has 6 nitrogen and oxygen atoms in total. The quantitative estimate of drug-likeness (QED) is 0.481. The van der Waals surface area contributed by atoms with Gasteiger partial charge in [0.05, 0.1) is 5.52 Å². The number of anilines is 3. The lowest BCUT2D eigenvalue weighted by Crippen LogP contribution is -2.49. The second-order valence-electron chi connectivity index (χ2n) is 7.69. The molecular formula is C25H22ClN5O. The fourth-order valence-corrected chi connectivity index (χ4v) is 4.11. The van der Waals surface area contributed by atoms with E-state index in [1.54, 1.807) is 12.4 Å². The van der Waals surface area contributed by atoms with Crippen LogP contribution in [-0.2, 0) is 0 Å². The summed E-state index contributed by atoms with van der Waals surface area (Å²) in [6, 6.07) is 21.1. The lowest BCUT2D eigenvalue weighted by Gasteiger charge is -2.35. The van der Waals surface area contributed by atoms with Crippen LogP contribution >= 0.6 is 11.6 Å². The maximum atomic E-state index is 13.0. The molecule has 5 rings (SSSR count). The minimum atomic E-state index is 0.0567. The summed E-state index contributed by atoms with van der Waals surface area (Å²) >= 11 is 6.08. The van der Waals surface area contributed by atoms with Crippen molar-refractivity contribution < 1.29 is 4.79 Å². The molecule has 1 aliphatic rings. The minimum Gasteiger partial charge on any atom is -0.355 e. The van der Waals surface area contributed by atoms with Crippen LogP contribution in [0.15, 0.2) is 79.1 Å². The van der Waals surface area contributed by atoms with Gasteiger partial charge in [-0.05, 0) is 60.7 Å². The number of pyridine rings is 2. The molecule has 1 N–H and O–H groups in total. The number of carbonyl (C=O) groups is 1. The van der Waals surface area contributed by atoms with Gasteiger partial charge in [-0.1, -0.05) is 17.7 Å². The summed E-state index contributed by atoms with van der Waals surface area (Å²) in [6.45, 7) is 2.92. The Hall–Kier alpha value is -3.64. The van der Waals surface area contributed by atoms with E-state index in [9.17, 15) is 4.79 Å². The first-order valence-electron chi connectivity index (χ1n) is 10.5. The van der Waals surface area contributed by atoms with Gasteiger partial charge >= 0.3 is 0 Å². The van der Waals surface area contributed by atoms with E-state index in [0.29, 0.717) is 23.7 Å². The molecule has 3 heterocycles. The molecule has 0 spiro atoms. The largest absolute Gasteiger partial charge is 0.355 e. The summed E-state index contributed by atoms with van der Waals surface area (Å²) in [5.74, 6) is 1.02. The van der Waals surface area contributed by atoms with Gasteiger partial charge in [0.2, 0.25) is 0 Å². The van der Waals surface area contributed by atoms with Crippen LogP contribution in [0.1, 0.15) is 10.4 Å². The number of piperazine rings is 1. The van der Waals surface area contributed by atoms with E-state index in [1.807, 2.05) is 71.6 Å². The molecule has 0 aliphatic carbocycles. The third-order valence-electron chi connectivity index (χ3n) is 5.66. The normalized spacial score (nSPS) is 13.9. The van der Waals surface area contributed by atoms with E-state index in [0.717, 1.165) is 41.2 Å². The van der Waals surface area contributed by atoms with Crippen molar-refractivity contribution in [2.24, 2.45) is 0 Å². The van der Waals surface area contributed by atoms with Crippen molar-refractivity contribution in [2.45, 2.75) is 0 Å². The van der Waals surface area contributed by atoms with Crippen LogP contribution in [0, 0.1) is 0 Å². The van der Waals surface area contributed by atoms with Crippen LogP contribution in [0.2, 0.25) is 5.02 Å². The molecule has 7 heteroatoms. The molecule has 2 aromatic heterocycles. The molecule has 1 aliphatic heterocycles. The number of carbonyl (C=O) groups excluding carboxylic acids is 1. The fraction of sp³-hybridized carbons (Fsp3) is 0.160. The Kier molecular flexibility index (Phi) is 5.60. The molecule has 32 heavy (non-hydrogen) atoms. The first-order valence-corrected chi connectivity index (χ1v) is 10.9. The van der Waals surface area contributed by atoms with Gasteiger partial charge in [-0.25, -0.2) is 4.98 Å². The van der Waals surface area contributed by atoms with E-state index in [1.165, 1.54) is 0 Å². The zero-order valence-electron chi connectivity index (χ0n) is 17.4. The van der Waals surface area contributed by atoms with Crippen LogP contribution in [0.25, 0.3) is 10.9 Å². The Labute approximate surface area is 191 Å². The Morgan fingerprint density at radius 1 is 0.875 bits per heavy atom. The van der Waals surface area contributed by atoms with Crippen molar-refractivity contribution in [2.75, 3.05) is 36.4 Å². The number of hydrogen-bond donors (Lipinski definition) is 1. The predicted molar refractivity (Wildman–Crippen MR) is 129 cm³/mol. The minimum absolute atomic E-state index is 0.0567. The molecule has 0 saturated carbocycles. The monoisotopic (exact) mass is 443 g/mol. The van der Waals surface area contributed by atoms with Crippen molar-refractivity contribution in [3.8, 4) is 0 Å². The van der Waals surface area contributed by atoms with Crippen molar-refractivity contribution in [3.05, 3.63) is 89.7 Å². The van der Waals surface area contributed by atoms with Crippen LogP contribution in [-0.4, -0.2) is 47.0 Å². The summed E-state index contributed by atoms with van der Waals surface area (Å²) in [4.78, 5) is 25.9. The number of amides is 1. The molecule has 0 unspecified atom stereocenters.